The van der Waals surface area contributed by atoms with Crippen LogP contribution in [0.2, 0.25) is 0 Å². The average Bonchev–Trinajstić information content (AvgIpc) is 2.73. The molecule has 26 heavy (non-hydrogen) atoms. The maximum absolute atomic E-state index is 10.1. The highest BCUT2D eigenvalue weighted by Gasteiger charge is 2.32. The van der Waals surface area contributed by atoms with Crippen molar-refractivity contribution in [1.29, 1.82) is 5.26 Å². The van der Waals surface area contributed by atoms with Crippen LogP contribution in [0.5, 0.6) is 0 Å². The standard InChI is InChI=1S/C23H23N3/c1-2-3-13-23(18-24,16-22-17-25-14-15-26-22)21-11-9-20(10-12-21)19-7-5-4-6-8-19/h4-12,14-15,17H,2-3,13,16H2,1H3. The topological polar surface area (TPSA) is 49.6 Å². The lowest BCUT2D eigenvalue weighted by atomic mass is 9.74. The van der Waals surface area contributed by atoms with Crippen LogP contribution < -0.4 is 0 Å². The van der Waals surface area contributed by atoms with Gasteiger partial charge < -0.3 is 0 Å². The van der Waals surface area contributed by atoms with Crippen LogP contribution in [-0.2, 0) is 11.8 Å². The number of benzene rings is 2. The molecule has 1 aromatic heterocycles. The zero-order valence-electron chi connectivity index (χ0n) is 15.1. The summed E-state index contributed by atoms with van der Waals surface area (Å²) in [5.74, 6) is 0. The zero-order chi connectivity index (χ0) is 18.2. The minimum absolute atomic E-state index is 0.568. The van der Waals surface area contributed by atoms with Crippen molar-refractivity contribution in [3.05, 3.63) is 84.4 Å². The average molecular weight is 341 g/mol. The Labute approximate surface area is 155 Å². The third-order valence-electron chi connectivity index (χ3n) is 4.82. The minimum atomic E-state index is -0.568. The number of aromatic nitrogens is 2. The van der Waals surface area contributed by atoms with Crippen LogP contribution in [0.15, 0.2) is 73.2 Å². The van der Waals surface area contributed by atoms with Crippen LogP contribution in [0.25, 0.3) is 11.1 Å². The molecule has 0 N–H and O–H groups in total. The van der Waals surface area contributed by atoms with Crippen molar-refractivity contribution in [2.75, 3.05) is 0 Å². The minimum Gasteiger partial charge on any atom is -0.261 e. The smallest absolute Gasteiger partial charge is 0.0878 e. The maximum Gasteiger partial charge on any atom is 0.0878 e. The molecule has 0 saturated carbocycles. The quantitative estimate of drug-likeness (QED) is 0.583. The van der Waals surface area contributed by atoms with Crippen LogP contribution in [-0.4, -0.2) is 9.97 Å². The first kappa shape index (κ1) is 17.8. The Balaban J connectivity index is 1.94. The fraction of sp³-hybridized carbons (Fsp3) is 0.261. The van der Waals surface area contributed by atoms with Gasteiger partial charge >= 0.3 is 0 Å². The van der Waals surface area contributed by atoms with E-state index in [4.69, 9.17) is 0 Å². The molecule has 0 fully saturated rings. The fourth-order valence-corrected chi connectivity index (χ4v) is 3.32. The molecule has 0 aliphatic heterocycles. The number of unbranched alkanes of at least 4 members (excludes halogenated alkanes) is 1. The van der Waals surface area contributed by atoms with Gasteiger partial charge in [-0.15, -0.1) is 0 Å². The van der Waals surface area contributed by atoms with Gasteiger partial charge in [-0.1, -0.05) is 74.4 Å². The van der Waals surface area contributed by atoms with Gasteiger partial charge in [-0.05, 0) is 23.1 Å². The van der Waals surface area contributed by atoms with Crippen LogP contribution in [0, 0.1) is 11.3 Å². The molecular formula is C23H23N3. The van der Waals surface area contributed by atoms with Gasteiger partial charge in [-0.2, -0.15) is 5.26 Å². The summed E-state index contributed by atoms with van der Waals surface area (Å²) in [6, 6.07) is 21.3. The Morgan fingerprint density at radius 1 is 0.962 bits per heavy atom. The first-order valence-electron chi connectivity index (χ1n) is 9.09. The molecule has 0 saturated heterocycles. The van der Waals surface area contributed by atoms with E-state index in [9.17, 15) is 5.26 Å². The summed E-state index contributed by atoms with van der Waals surface area (Å²) in [4.78, 5) is 8.56. The highest BCUT2D eigenvalue weighted by atomic mass is 14.8. The van der Waals surface area contributed by atoms with Gasteiger partial charge in [0.05, 0.1) is 17.2 Å². The van der Waals surface area contributed by atoms with Crippen molar-refractivity contribution in [3.63, 3.8) is 0 Å². The van der Waals surface area contributed by atoms with Gasteiger partial charge in [0.2, 0.25) is 0 Å². The fourth-order valence-electron chi connectivity index (χ4n) is 3.32. The van der Waals surface area contributed by atoms with E-state index in [0.717, 1.165) is 36.1 Å². The van der Waals surface area contributed by atoms with E-state index in [-0.39, 0.29) is 0 Å². The van der Waals surface area contributed by atoms with E-state index in [2.05, 4.69) is 59.4 Å². The zero-order valence-corrected chi connectivity index (χ0v) is 15.1. The maximum atomic E-state index is 10.1. The van der Waals surface area contributed by atoms with E-state index >= 15 is 0 Å². The molecule has 0 aliphatic rings. The Morgan fingerprint density at radius 3 is 2.31 bits per heavy atom. The van der Waals surface area contributed by atoms with E-state index in [1.165, 1.54) is 5.56 Å². The highest BCUT2D eigenvalue weighted by molar-refractivity contribution is 5.64. The van der Waals surface area contributed by atoms with E-state index in [0.29, 0.717) is 6.42 Å². The van der Waals surface area contributed by atoms with Gasteiger partial charge in [-0.25, -0.2) is 0 Å². The summed E-state index contributed by atoms with van der Waals surface area (Å²) in [7, 11) is 0. The van der Waals surface area contributed by atoms with Crippen molar-refractivity contribution in [3.8, 4) is 17.2 Å². The lowest BCUT2D eigenvalue weighted by Gasteiger charge is -2.27. The van der Waals surface area contributed by atoms with Crippen LogP contribution in [0.1, 0.15) is 37.4 Å². The summed E-state index contributed by atoms with van der Waals surface area (Å²) in [5, 5.41) is 10.1. The van der Waals surface area contributed by atoms with Gasteiger partial charge in [0.25, 0.3) is 0 Å². The Kier molecular flexibility index (Phi) is 5.76. The molecule has 1 heterocycles. The molecule has 1 atom stereocenters. The summed E-state index contributed by atoms with van der Waals surface area (Å²) in [6.07, 6.45) is 8.59. The number of hydrogen-bond donors (Lipinski definition) is 0. The summed E-state index contributed by atoms with van der Waals surface area (Å²) in [6.45, 7) is 2.16. The third-order valence-corrected chi connectivity index (χ3v) is 4.82. The largest absolute Gasteiger partial charge is 0.261 e. The molecule has 0 spiro atoms. The number of rotatable bonds is 7. The third kappa shape index (κ3) is 3.97. The molecule has 0 bridgehead atoms. The second kappa shape index (κ2) is 8.40. The first-order chi connectivity index (χ1) is 12.8. The lowest BCUT2D eigenvalue weighted by Crippen LogP contribution is -2.27. The molecule has 3 nitrogen and oxygen atoms in total. The predicted octanol–water partition coefficient (Wildman–Crippen LogP) is 5.34. The summed E-state index contributed by atoms with van der Waals surface area (Å²) >= 11 is 0. The van der Waals surface area contributed by atoms with Gasteiger partial charge in [0.15, 0.2) is 0 Å². The number of nitrogens with zero attached hydrogens (tertiary/aromatic N) is 3. The van der Waals surface area contributed by atoms with Crippen molar-refractivity contribution < 1.29 is 0 Å². The Morgan fingerprint density at radius 2 is 1.69 bits per heavy atom. The number of hydrogen-bond acceptors (Lipinski definition) is 3. The molecule has 3 aromatic rings. The van der Waals surface area contributed by atoms with Crippen LogP contribution in [0.4, 0.5) is 0 Å². The Bertz CT molecular complexity index is 851. The van der Waals surface area contributed by atoms with Crippen molar-refractivity contribution >= 4 is 0 Å². The van der Waals surface area contributed by atoms with Gasteiger partial charge in [0.1, 0.15) is 0 Å². The predicted molar refractivity (Wildman–Crippen MR) is 104 cm³/mol. The lowest BCUT2D eigenvalue weighted by molar-refractivity contribution is 0.471. The van der Waals surface area contributed by atoms with E-state index in [1.807, 2.05) is 18.2 Å². The Hall–Kier alpha value is -2.99. The molecule has 130 valence electrons. The van der Waals surface area contributed by atoms with E-state index < -0.39 is 5.41 Å². The normalized spacial score (nSPS) is 12.9. The van der Waals surface area contributed by atoms with Gasteiger partial charge in [0, 0.05) is 25.0 Å². The van der Waals surface area contributed by atoms with Crippen LogP contribution in [0.3, 0.4) is 0 Å². The second-order valence-corrected chi connectivity index (χ2v) is 6.61. The van der Waals surface area contributed by atoms with E-state index in [1.54, 1.807) is 18.6 Å². The number of nitriles is 1. The molecule has 3 heteroatoms. The molecule has 1 unspecified atom stereocenters. The summed E-state index contributed by atoms with van der Waals surface area (Å²) < 4.78 is 0. The summed E-state index contributed by atoms with van der Waals surface area (Å²) in [5.41, 5.74) is 3.69. The van der Waals surface area contributed by atoms with Crippen LogP contribution >= 0.6 is 0 Å². The van der Waals surface area contributed by atoms with Crippen molar-refractivity contribution in [2.24, 2.45) is 0 Å². The van der Waals surface area contributed by atoms with Gasteiger partial charge in [-0.3, -0.25) is 9.97 Å². The molecular weight excluding hydrogens is 318 g/mol. The monoisotopic (exact) mass is 341 g/mol. The molecule has 0 aliphatic carbocycles. The molecule has 3 rings (SSSR count). The molecule has 0 radical (unpaired) electrons. The van der Waals surface area contributed by atoms with Crippen molar-refractivity contribution in [2.45, 2.75) is 38.0 Å². The molecule has 0 amide bonds. The molecule has 2 aromatic carbocycles. The SMILES string of the molecule is CCCCC(C#N)(Cc1cnccn1)c1ccc(-c2ccccc2)cc1. The second-order valence-electron chi connectivity index (χ2n) is 6.61. The highest BCUT2D eigenvalue weighted by Crippen LogP contribution is 2.34. The first-order valence-corrected chi connectivity index (χ1v) is 9.09. The van der Waals surface area contributed by atoms with Crippen molar-refractivity contribution in [1.82, 2.24) is 9.97 Å².